The van der Waals surface area contributed by atoms with Crippen molar-refractivity contribution in [3.8, 4) is 17.2 Å². The number of benzene rings is 2. The fourth-order valence-corrected chi connectivity index (χ4v) is 3.78. The van der Waals surface area contributed by atoms with Gasteiger partial charge < -0.3 is 18.8 Å². The fourth-order valence-electron chi connectivity index (χ4n) is 2.88. The Morgan fingerprint density at radius 1 is 1.22 bits per heavy atom. The van der Waals surface area contributed by atoms with Gasteiger partial charge in [-0.1, -0.05) is 23.9 Å². The van der Waals surface area contributed by atoms with E-state index in [1.54, 1.807) is 13.2 Å². The van der Waals surface area contributed by atoms with Gasteiger partial charge in [-0.25, -0.2) is 4.39 Å². The molecule has 140 valence electrons. The van der Waals surface area contributed by atoms with E-state index in [1.165, 1.54) is 23.9 Å². The molecule has 2 aromatic carbocycles. The number of thioether (sulfide) groups is 1. The second-order valence-electron chi connectivity index (χ2n) is 6.01. The van der Waals surface area contributed by atoms with Crippen molar-refractivity contribution >= 4 is 11.8 Å². The third-order valence-corrected chi connectivity index (χ3v) is 5.33. The fraction of sp³-hybridized carbons (Fsp3) is 0.263. The molecule has 1 aliphatic heterocycles. The summed E-state index contributed by atoms with van der Waals surface area (Å²) >= 11 is 1.46. The van der Waals surface area contributed by atoms with Gasteiger partial charge in [0.2, 0.25) is 0 Å². The second-order valence-corrected chi connectivity index (χ2v) is 6.95. The molecule has 0 spiro atoms. The predicted octanol–water partition coefficient (Wildman–Crippen LogP) is 3.77. The zero-order valence-corrected chi connectivity index (χ0v) is 15.7. The van der Waals surface area contributed by atoms with E-state index in [0.29, 0.717) is 34.8 Å². The van der Waals surface area contributed by atoms with Gasteiger partial charge in [0.25, 0.3) is 0 Å². The predicted molar refractivity (Wildman–Crippen MR) is 98.8 cm³/mol. The molecule has 2 heterocycles. The van der Waals surface area contributed by atoms with Crippen molar-refractivity contribution in [1.29, 1.82) is 0 Å². The van der Waals surface area contributed by atoms with Crippen LogP contribution in [0.5, 0.6) is 17.2 Å². The van der Waals surface area contributed by atoms with E-state index in [2.05, 4.69) is 10.2 Å². The Bertz CT molecular complexity index is 963. The van der Waals surface area contributed by atoms with E-state index in [-0.39, 0.29) is 11.9 Å². The van der Waals surface area contributed by atoms with Gasteiger partial charge in [-0.3, -0.25) is 0 Å². The maximum atomic E-state index is 13.5. The van der Waals surface area contributed by atoms with E-state index >= 15 is 0 Å². The Kier molecular flexibility index (Phi) is 4.89. The maximum Gasteiger partial charge on any atom is 0.192 e. The van der Waals surface area contributed by atoms with Gasteiger partial charge in [-0.05, 0) is 30.3 Å². The topological polar surface area (TPSA) is 58.4 Å². The summed E-state index contributed by atoms with van der Waals surface area (Å²) in [4.78, 5) is 0. The molecule has 1 aliphatic rings. The summed E-state index contributed by atoms with van der Waals surface area (Å²) in [7, 11) is 3.45. The SMILES string of the molecule is COc1ccc(F)cc1CSc1nnc(C2COc3ccccc3O2)n1C. The molecule has 1 atom stereocenters. The van der Waals surface area contributed by atoms with Crippen LogP contribution in [-0.2, 0) is 12.8 Å². The van der Waals surface area contributed by atoms with E-state index in [0.717, 1.165) is 11.3 Å². The van der Waals surface area contributed by atoms with Gasteiger partial charge in [0, 0.05) is 18.4 Å². The molecular formula is C19H18FN3O3S. The normalized spacial score (nSPS) is 15.6. The highest BCUT2D eigenvalue weighted by Crippen LogP contribution is 2.36. The minimum atomic E-state index is -0.338. The number of halogens is 1. The molecule has 0 N–H and O–H groups in total. The number of rotatable bonds is 5. The average Bonchev–Trinajstić information content (AvgIpc) is 3.06. The second kappa shape index (κ2) is 7.48. The molecule has 0 radical (unpaired) electrons. The van der Waals surface area contributed by atoms with Crippen molar-refractivity contribution in [3.63, 3.8) is 0 Å². The highest BCUT2D eigenvalue weighted by atomic mass is 32.2. The third kappa shape index (κ3) is 3.57. The first kappa shape index (κ1) is 17.7. The Morgan fingerprint density at radius 2 is 2.04 bits per heavy atom. The first-order valence-corrected chi connectivity index (χ1v) is 9.37. The van der Waals surface area contributed by atoms with Gasteiger partial charge in [-0.2, -0.15) is 0 Å². The number of para-hydroxylation sites is 2. The van der Waals surface area contributed by atoms with Gasteiger partial charge in [0.05, 0.1) is 7.11 Å². The van der Waals surface area contributed by atoms with Crippen LogP contribution in [0.25, 0.3) is 0 Å². The number of hydrogen-bond donors (Lipinski definition) is 0. The Morgan fingerprint density at radius 3 is 2.85 bits per heavy atom. The molecule has 0 saturated carbocycles. The molecule has 0 amide bonds. The lowest BCUT2D eigenvalue weighted by molar-refractivity contribution is 0.0825. The summed E-state index contributed by atoms with van der Waals surface area (Å²) in [5.74, 6) is 2.96. The summed E-state index contributed by atoms with van der Waals surface area (Å²) in [6, 6.07) is 12.0. The van der Waals surface area contributed by atoms with Crippen LogP contribution in [0.1, 0.15) is 17.5 Å². The summed E-state index contributed by atoms with van der Waals surface area (Å²) in [5, 5.41) is 9.22. The van der Waals surface area contributed by atoms with Crippen LogP contribution in [0.3, 0.4) is 0 Å². The van der Waals surface area contributed by atoms with E-state index < -0.39 is 0 Å². The van der Waals surface area contributed by atoms with Crippen LogP contribution in [0, 0.1) is 5.82 Å². The van der Waals surface area contributed by atoms with Gasteiger partial charge >= 0.3 is 0 Å². The number of hydrogen-bond acceptors (Lipinski definition) is 6. The van der Waals surface area contributed by atoms with Crippen molar-refractivity contribution in [1.82, 2.24) is 14.8 Å². The number of fused-ring (bicyclic) bond motifs is 1. The summed E-state index contributed by atoms with van der Waals surface area (Å²) in [5.41, 5.74) is 0.762. The maximum absolute atomic E-state index is 13.5. The molecule has 4 rings (SSSR count). The quantitative estimate of drug-likeness (QED) is 0.621. The highest BCUT2D eigenvalue weighted by molar-refractivity contribution is 7.98. The zero-order valence-electron chi connectivity index (χ0n) is 14.9. The molecular weight excluding hydrogens is 369 g/mol. The standard InChI is InChI=1S/C19H18FN3O3S/c1-23-18(17-10-25-15-5-3-4-6-16(15)26-17)21-22-19(23)27-11-12-9-13(20)7-8-14(12)24-2/h3-9,17H,10-11H2,1-2H3. The van der Waals surface area contributed by atoms with Gasteiger partial charge in [0.15, 0.2) is 28.6 Å². The first-order chi connectivity index (χ1) is 13.2. The van der Waals surface area contributed by atoms with E-state index in [4.69, 9.17) is 14.2 Å². The molecule has 0 bridgehead atoms. The summed E-state index contributed by atoms with van der Waals surface area (Å²) in [6.45, 7) is 0.366. The summed E-state index contributed by atoms with van der Waals surface area (Å²) in [6.07, 6.45) is -0.338. The largest absolute Gasteiger partial charge is 0.496 e. The minimum absolute atomic E-state index is 0.295. The number of aromatic nitrogens is 3. The molecule has 8 heteroatoms. The monoisotopic (exact) mass is 387 g/mol. The van der Waals surface area contributed by atoms with Crippen LogP contribution < -0.4 is 14.2 Å². The third-order valence-electron chi connectivity index (χ3n) is 4.26. The van der Waals surface area contributed by atoms with Crippen LogP contribution in [-0.4, -0.2) is 28.5 Å². The molecule has 3 aromatic rings. The lowest BCUT2D eigenvalue weighted by Crippen LogP contribution is -2.24. The van der Waals surface area contributed by atoms with Crippen molar-refractivity contribution < 1.29 is 18.6 Å². The smallest absolute Gasteiger partial charge is 0.192 e. The molecule has 0 saturated heterocycles. The first-order valence-electron chi connectivity index (χ1n) is 8.38. The van der Waals surface area contributed by atoms with E-state index in [1.807, 2.05) is 35.9 Å². The average molecular weight is 387 g/mol. The van der Waals surface area contributed by atoms with Gasteiger partial charge in [-0.15, -0.1) is 10.2 Å². The molecule has 27 heavy (non-hydrogen) atoms. The van der Waals surface area contributed by atoms with Crippen molar-refractivity contribution in [3.05, 3.63) is 59.7 Å². The Labute approximate surface area is 160 Å². The van der Waals surface area contributed by atoms with Crippen LogP contribution >= 0.6 is 11.8 Å². The lowest BCUT2D eigenvalue weighted by atomic mass is 10.2. The molecule has 6 nitrogen and oxygen atoms in total. The van der Waals surface area contributed by atoms with Crippen molar-refractivity contribution in [2.75, 3.05) is 13.7 Å². The van der Waals surface area contributed by atoms with Crippen molar-refractivity contribution in [2.45, 2.75) is 17.0 Å². The zero-order chi connectivity index (χ0) is 18.8. The van der Waals surface area contributed by atoms with E-state index in [9.17, 15) is 4.39 Å². The molecule has 1 unspecified atom stereocenters. The number of methoxy groups -OCH3 is 1. The Balaban J connectivity index is 1.49. The number of nitrogens with zero attached hydrogens (tertiary/aromatic N) is 3. The lowest BCUT2D eigenvalue weighted by Gasteiger charge is -2.25. The van der Waals surface area contributed by atoms with Crippen LogP contribution in [0.2, 0.25) is 0 Å². The van der Waals surface area contributed by atoms with Crippen LogP contribution in [0.15, 0.2) is 47.6 Å². The summed E-state index contributed by atoms with van der Waals surface area (Å²) < 4.78 is 32.5. The van der Waals surface area contributed by atoms with Crippen molar-refractivity contribution in [2.24, 2.45) is 7.05 Å². The van der Waals surface area contributed by atoms with Gasteiger partial charge in [0.1, 0.15) is 18.2 Å². The number of ether oxygens (including phenoxy) is 3. The highest BCUT2D eigenvalue weighted by Gasteiger charge is 2.27. The minimum Gasteiger partial charge on any atom is -0.496 e. The molecule has 0 aliphatic carbocycles. The molecule has 0 fully saturated rings. The Hall–Kier alpha value is -2.74. The molecule has 1 aromatic heterocycles. The van der Waals surface area contributed by atoms with Crippen LogP contribution in [0.4, 0.5) is 4.39 Å².